The molecule has 0 unspecified atom stereocenters. The molecule has 0 aromatic carbocycles. The number of carbonyl (C=O) groups is 3. The number of rotatable bonds is 6. The van der Waals surface area contributed by atoms with Crippen LogP contribution in [-0.4, -0.2) is 40.7 Å². The molecule has 168 valence electrons. The van der Waals surface area contributed by atoms with E-state index in [1.807, 2.05) is 0 Å². The minimum atomic E-state index is -4.08. The van der Waals surface area contributed by atoms with Crippen LogP contribution < -0.4 is 0 Å². The zero-order chi connectivity index (χ0) is 21.1. The van der Waals surface area contributed by atoms with Gasteiger partial charge in [-0.25, -0.2) is 0 Å². The third-order valence-corrected chi connectivity index (χ3v) is 21.6. The molecule has 18 rings (SSSR count). The number of hydrogen-bond acceptors (Lipinski definition) is 6. The van der Waals surface area contributed by atoms with E-state index in [9.17, 15) is 14.4 Å². The Morgan fingerprint density at radius 3 is 0.794 bits per heavy atom. The van der Waals surface area contributed by atoms with Crippen LogP contribution in [0.25, 0.3) is 0 Å². The van der Waals surface area contributed by atoms with Crippen LogP contribution >= 0.6 is 0 Å². The monoisotopic (exact) mass is 556 g/mol. The van der Waals surface area contributed by atoms with Crippen LogP contribution in [-0.2, 0) is 22.9 Å². The van der Waals surface area contributed by atoms with E-state index in [0.717, 1.165) is 71.0 Å². The molecule has 0 atom stereocenters. The first-order valence-corrected chi connectivity index (χ1v) is 18.3. The van der Waals surface area contributed by atoms with Gasteiger partial charge in [0.2, 0.25) is 0 Å². The molecule has 18 fully saturated rings. The van der Waals surface area contributed by atoms with Crippen molar-refractivity contribution in [3.8, 4) is 0 Å². The molecule has 0 aromatic rings. The van der Waals surface area contributed by atoms with E-state index in [4.69, 9.17) is 8.56 Å². The van der Waals surface area contributed by atoms with E-state index in [1.165, 1.54) is 0 Å². The van der Waals surface area contributed by atoms with Gasteiger partial charge in [-0.15, -0.1) is 0 Å². The van der Waals surface area contributed by atoms with Gasteiger partial charge in [0.25, 0.3) is 0 Å². The first kappa shape index (κ1) is 15.5. The molecule has 34 heavy (non-hydrogen) atoms. The zero-order valence-corrected chi connectivity index (χ0v) is 21.4. The van der Waals surface area contributed by atoms with E-state index in [0.29, 0.717) is 53.3 Å². The Bertz CT molecular complexity index is 1100. The Morgan fingerprint density at radius 2 is 0.588 bits per heavy atom. The van der Waals surface area contributed by atoms with Crippen molar-refractivity contribution in [1.82, 2.24) is 0 Å². The van der Waals surface area contributed by atoms with Gasteiger partial charge in [0.05, 0.1) is 0 Å². The second kappa shape index (κ2) is 3.48. The summed E-state index contributed by atoms with van der Waals surface area (Å²) in [5.74, 6) is 14.6. The third kappa shape index (κ3) is 0.784. The van der Waals surface area contributed by atoms with Gasteiger partial charge in [-0.3, -0.25) is 0 Å². The standard InChI is InChI=1S/3C9H8O2.In/c3*10-8(11)9-5-2-1-3(5)7(9)4(1)6(2)9;/h3*1-7H,(H,10,11);/q;;;+3/p-3. The first-order valence-electron chi connectivity index (χ1n) is 14.3. The molecular weight excluding hydrogens is 535 g/mol. The fourth-order valence-corrected chi connectivity index (χ4v) is 21.8. The van der Waals surface area contributed by atoms with Gasteiger partial charge in [-0.05, 0) is 0 Å². The summed E-state index contributed by atoms with van der Waals surface area (Å²) in [7, 11) is 0. The van der Waals surface area contributed by atoms with Gasteiger partial charge >= 0.3 is 204 Å². The van der Waals surface area contributed by atoms with Crippen molar-refractivity contribution in [2.75, 3.05) is 0 Å². The molecular formula is C27H21InO6. The Balaban J connectivity index is 0.771. The summed E-state index contributed by atoms with van der Waals surface area (Å²) in [4.78, 5) is 40.6. The van der Waals surface area contributed by atoms with E-state index in [1.54, 1.807) is 0 Å². The molecule has 7 heteroatoms. The topological polar surface area (TPSA) is 78.9 Å². The molecule has 0 spiro atoms. The molecule has 0 N–H and O–H groups in total. The second-order valence-corrected chi connectivity index (χ2v) is 19.6. The summed E-state index contributed by atoms with van der Waals surface area (Å²) in [6, 6.07) is 0. The summed E-state index contributed by atoms with van der Waals surface area (Å²) in [5.41, 5.74) is -0.734. The second-order valence-electron chi connectivity index (χ2n) is 16.0. The van der Waals surface area contributed by atoms with E-state index < -0.39 is 22.7 Å². The summed E-state index contributed by atoms with van der Waals surface area (Å²) in [6.45, 7) is 0. The fourth-order valence-electron chi connectivity index (χ4n) is 18.2. The van der Waals surface area contributed by atoms with Crippen LogP contribution in [0.5, 0.6) is 0 Å². The molecule has 18 aliphatic carbocycles. The molecule has 0 amide bonds. The summed E-state index contributed by atoms with van der Waals surface area (Å²) in [5, 5.41) is 0. The molecule has 0 aromatic heterocycles. The summed E-state index contributed by atoms with van der Waals surface area (Å²) in [6.07, 6.45) is 0. The molecule has 0 saturated heterocycles. The Morgan fingerprint density at radius 1 is 0.382 bits per heavy atom. The van der Waals surface area contributed by atoms with Crippen LogP contribution in [0.3, 0.4) is 0 Å². The molecule has 0 heterocycles. The van der Waals surface area contributed by atoms with Gasteiger partial charge in [-0.1, -0.05) is 0 Å². The molecule has 0 bridgehead atoms. The quantitative estimate of drug-likeness (QED) is 0.480. The van der Waals surface area contributed by atoms with Crippen molar-refractivity contribution >= 4 is 40.7 Å². The fraction of sp³-hybridized carbons (Fsp3) is 0.889. The number of carbonyl (C=O) groups excluding carboxylic acids is 3. The van der Waals surface area contributed by atoms with Crippen LogP contribution in [0.4, 0.5) is 0 Å². The average Bonchev–Trinajstić information content (AvgIpc) is 2.88. The SMILES string of the molecule is O=C([O][In]([O]C(=O)C12C3C4C5C3C1C5C42)[O]C(=O)C12C3C4C5C3C1C5C42)C12C3C4C5C3C1C5C42. The molecule has 0 aliphatic heterocycles. The number of hydrogen-bond donors (Lipinski definition) is 0. The Hall–Kier alpha value is -0.720. The van der Waals surface area contributed by atoms with Crippen molar-refractivity contribution in [2.45, 2.75) is 0 Å². The van der Waals surface area contributed by atoms with Crippen molar-refractivity contribution in [3.63, 3.8) is 0 Å². The predicted molar refractivity (Wildman–Crippen MR) is 105 cm³/mol. The summed E-state index contributed by atoms with van der Waals surface area (Å²) < 4.78 is 18.4. The Kier molecular flexibility index (Phi) is 1.59. The maximum absolute atomic E-state index is 13.5. The molecule has 0 radical (unpaired) electrons. The van der Waals surface area contributed by atoms with Gasteiger partial charge in [-0.2, -0.15) is 0 Å². The van der Waals surface area contributed by atoms with Gasteiger partial charge in [0.1, 0.15) is 0 Å². The maximum atomic E-state index is 13.5. The first-order chi connectivity index (χ1) is 16.6. The van der Waals surface area contributed by atoms with E-state index in [2.05, 4.69) is 0 Å². The molecule has 6 nitrogen and oxygen atoms in total. The van der Waals surface area contributed by atoms with Crippen molar-refractivity contribution in [1.29, 1.82) is 0 Å². The molecule has 18 aliphatic rings. The third-order valence-electron chi connectivity index (χ3n) is 18.1. The van der Waals surface area contributed by atoms with Gasteiger partial charge < -0.3 is 0 Å². The van der Waals surface area contributed by atoms with Gasteiger partial charge in [0.15, 0.2) is 0 Å². The molecule has 18 saturated carbocycles. The van der Waals surface area contributed by atoms with Crippen molar-refractivity contribution in [2.24, 2.45) is 141 Å². The van der Waals surface area contributed by atoms with Crippen LogP contribution in [0.2, 0.25) is 0 Å². The van der Waals surface area contributed by atoms with Crippen molar-refractivity contribution in [3.05, 3.63) is 0 Å². The minimum absolute atomic E-state index is 0.126. The summed E-state index contributed by atoms with van der Waals surface area (Å²) >= 11 is -4.08. The van der Waals surface area contributed by atoms with E-state index >= 15 is 0 Å². The zero-order valence-electron chi connectivity index (χ0n) is 18.2. The average molecular weight is 556 g/mol. The van der Waals surface area contributed by atoms with Crippen LogP contribution in [0.15, 0.2) is 0 Å². The Labute approximate surface area is 203 Å². The van der Waals surface area contributed by atoms with Gasteiger partial charge in [0, 0.05) is 0 Å². The van der Waals surface area contributed by atoms with Crippen molar-refractivity contribution < 1.29 is 22.9 Å². The van der Waals surface area contributed by atoms with Crippen LogP contribution in [0.1, 0.15) is 0 Å². The predicted octanol–water partition coefficient (Wildman–Crippen LogP) is 0.704. The van der Waals surface area contributed by atoms with Crippen LogP contribution in [0, 0.1) is 141 Å². The van der Waals surface area contributed by atoms with E-state index in [-0.39, 0.29) is 34.2 Å². The normalized spacial score (nSPS) is 86.6.